The van der Waals surface area contributed by atoms with Crippen molar-refractivity contribution in [1.29, 1.82) is 0 Å². The number of anilines is 1. The monoisotopic (exact) mass is 219 g/mol. The molecule has 0 aliphatic rings. The lowest BCUT2D eigenvalue weighted by molar-refractivity contribution is 0.475. The Labute approximate surface area is 92.9 Å². The second kappa shape index (κ2) is 3.83. The van der Waals surface area contributed by atoms with Gasteiger partial charge in [-0.3, -0.25) is 0 Å². The third kappa shape index (κ3) is 2.05. The van der Waals surface area contributed by atoms with Crippen molar-refractivity contribution in [1.82, 2.24) is 0 Å². The molecule has 2 rings (SSSR count). The molecule has 0 bridgehead atoms. The Morgan fingerprint density at radius 2 is 1.53 bits per heavy atom. The van der Waals surface area contributed by atoms with E-state index < -0.39 is 0 Å². The van der Waals surface area contributed by atoms with Gasteiger partial charge in [0, 0.05) is 0 Å². The first kappa shape index (κ1) is 9.87. The predicted molar refractivity (Wildman–Crippen MR) is 63.0 cm³/mol. The fraction of sp³-hybridized carbons (Fsp3) is 0. The highest BCUT2D eigenvalue weighted by molar-refractivity contribution is 6.33. The molecular weight excluding hydrogens is 210 g/mol. The van der Waals surface area contributed by atoms with Gasteiger partial charge in [0.25, 0.3) is 0 Å². The van der Waals surface area contributed by atoms with Crippen molar-refractivity contribution in [3.05, 3.63) is 47.5 Å². The number of benzene rings is 2. The van der Waals surface area contributed by atoms with E-state index in [-0.39, 0.29) is 5.75 Å². The molecule has 0 unspecified atom stereocenters. The van der Waals surface area contributed by atoms with E-state index in [1.165, 1.54) is 0 Å². The third-order valence-electron chi connectivity index (χ3n) is 2.20. The molecule has 15 heavy (non-hydrogen) atoms. The summed E-state index contributed by atoms with van der Waals surface area (Å²) in [7, 11) is 0. The highest BCUT2D eigenvalue weighted by Crippen LogP contribution is 2.27. The van der Waals surface area contributed by atoms with Gasteiger partial charge < -0.3 is 10.8 Å². The average Bonchev–Trinajstić information content (AvgIpc) is 2.23. The topological polar surface area (TPSA) is 46.2 Å². The first-order valence-corrected chi connectivity index (χ1v) is 4.89. The lowest BCUT2D eigenvalue weighted by Crippen LogP contribution is -1.87. The minimum absolute atomic E-state index is 0.251. The van der Waals surface area contributed by atoms with E-state index in [0.717, 1.165) is 11.1 Å². The van der Waals surface area contributed by atoms with Crippen LogP contribution in [0, 0.1) is 0 Å². The fourth-order valence-corrected chi connectivity index (χ4v) is 1.49. The summed E-state index contributed by atoms with van der Waals surface area (Å²) in [5.41, 5.74) is 8.24. The predicted octanol–water partition coefficient (Wildman–Crippen LogP) is 3.29. The zero-order chi connectivity index (χ0) is 10.8. The zero-order valence-corrected chi connectivity index (χ0v) is 8.70. The van der Waals surface area contributed by atoms with Gasteiger partial charge in [0.15, 0.2) is 0 Å². The van der Waals surface area contributed by atoms with Gasteiger partial charge in [0.2, 0.25) is 0 Å². The zero-order valence-electron chi connectivity index (χ0n) is 7.94. The first-order chi connectivity index (χ1) is 7.16. The summed E-state index contributed by atoms with van der Waals surface area (Å²) in [4.78, 5) is 0. The van der Waals surface area contributed by atoms with Crippen LogP contribution in [0.3, 0.4) is 0 Å². The van der Waals surface area contributed by atoms with Crippen LogP contribution in [0.5, 0.6) is 5.75 Å². The molecular formula is C12H10ClNO. The van der Waals surface area contributed by atoms with Crippen LogP contribution in [0.25, 0.3) is 11.1 Å². The van der Waals surface area contributed by atoms with E-state index in [1.807, 2.05) is 24.3 Å². The Morgan fingerprint density at radius 1 is 0.933 bits per heavy atom. The number of hydrogen-bond donors (Lipinski definition) is 2. The van der Waals surface area contributed by atoms with E-state index in [9.17, 15) is 0 Å². The van der Waals surface area contributed by atoms with Crippen LogP contribution in [0.2, 0.25) is 5.02 Å². The molecule has 76 valence electrons. The van der Waals surface area contributed by atoms with E-state index >= 15 is 0 Å². The molecule has 0 atom stereocenters. The number of rotatable bonds is 1. The van der Waals surface area contributed by atoms with E-state index in [0.29, 0.717) is 10.7 Å². The minimum atomic E-state index is 0.251. The standard InChI is InChI=1S/C12H10ClNO/c13-11-6-3-9(7-12(11)14)8-1-4-10(15)5-2-8/h1-7,15H,14H2. The van der Waals surface area contributed by atoms with Crippen molar-refractivity contribution in [2.45, 2.75) is 0 Å². The Hall–Kier alpha value is -1.67. The van der Waals surface area contributed by atoms with Crippen LogP contribution in [0.4, 0.5) is 5.69 Å². The second-order valence-corrected chi connectivity index (χ2v) is 3.69. The Morgan fingerprint density at radius 3 is 2.13 bits per heavy atom. The SMILES string of the molecule is Nc1cc(-c2ccc(O)cc2)ccc1Cl. The van der Waals surface area contributed by atoms with Gasteiger partial charge in [-0.05, 0) is 35.4 Å². The Kier molecular flexibility index (Phi) is 2.52. The van der Waals surface area contributed by atoms with Crippen LogP contribution in [0.15, 0.2) is 42.5 Å². The number of aromatic hydroxyl groups is 1. The van der Waals surface area contributed by atoms with Gasteiger partial charge in [-0.2, -0.15) is 0 Å². The van der Waals surface area contributed by atoms with Crippen molar-refractivity contribution >= 4 is 17.3 Å². The number of phenols is 1. The highest BCUT2D eigenvalue weighted by atomic mass is 35.5. The minimum Gasteiger partial charge on any atom is -0.508 e. The summed E-state index contributed by atoms with van der Waals surface area (Å²) in [5.74, 6) is 0.251. The van der Waals surface area contributed by atoms with E-state index in [2.05, 4.69) is 0 Å². The summed E-state index contributed by atoms with van der Waals surface area (Å²) in [6, 6.07) is 12.4. The molecule has 0 aliphatic carbocycles. The molecule has 0 saturated heterocycles. The van der Waals surface area contributed by atoms with Crippen LogP contribution >= 0.6 is 11.6 Å². The van der Waals surface area contributed by atoms with Gasteiger partial charge in [-0.15, -0.1) is 0 Å². The van der Waals surface area contributed by atoms with Crippen LogP contribution in [-0.4, -0.2) is 5.11 Å². The molecule has 3 heteroatoms. The maximum Gasteiger partial charge on any atom is 0.115 e. The molecule has 0 radical (unpaired) electrons. The van der Waals surface area contributed by atoms with Crippen LogP contribution in [-0.2, 0) is 0 Å². The molecule has 2 aromatic carbocycles. The Balaban J connectivity index is 2.45. The molecule has 2 aromatic rings. The molecule has 3 N–H and O–H groups in total. The average molecular weight is 220 g/mol. The summed E-state index contributed by atoms with van der Waals surface area (Å²) < 4.78 is 0. The van der Waals surface area contributed by atoms with Crippen LogP contribution in [0.1, 0.15) is 0 Å². The quantitative estimate of drug-likeness (QED) is 0.723. The lowest BCUT2D eigenvalue weighted by atomic mass is 10.1. The number of halogens is 1. The summed E-state index contributed by atoms with van der Waals surface area (Å²) in [5, 5.41) is 9.71. The maximum absolute atomic E-state index is 9.16. The van der Waals surface area contributed by atoms with E-state index in [1.54, 1.807) is 18.2 Å². The summed E-state index contributed by atoms with van der Waals surface area (Å²) in [6.45, 7) is 0. The molecule has 0 spiro atoms. The largest absolute Gasteiger partial charge is 0.508 e. The van der Waals surface area contributed by atoms with Crippen molar-refractivity contribution in [3.63, 3.8) is 0 Å². The second-order valence-electron chi connectivity index (χ2n) is 3.28. The third-order valence-corrected chi connectivity index (χ3v) is 2.54. The number of nitrogen functional groups attached to an aromatic ring is 1. The molecule has 0 aromatic heterocycles. The number of nitrogens with two attached hydrogens (primary N) is 1. The van der Waals surface area contributed by atoms with Crippen molar-refractivity contribution in [2.24, 2.45) is 0 Å². The van der Waals surface area contributed by atoms with Gasteiger partial charge in [0.1, 0.15) is 5.75 Å². The molecule has 2 nitrogen and oxygen atoms in total. The van der Waals surface area contributed by atoms with Crippen molar-refractivity contribution < 1.29 is 5.11 Å². The molecule has 0 aliphatic heterocycles. The van der Waals surface area contributed by atoms with Gasteiger partial charge in [0.05, 0.1) is 10.7 Å². The van der Waals surface area contributed by atoms with E-state index in [4.69, 9.17) is 22.4 Å². The fourth-order valence-electron chi connectivity index (χ4n) is 1.38. The smallest absolute Gasteiger partial charge is 0.115 e. The van der Waals surface area contributed by atoms with Gasteiger partial charge >= 0.3 is 0 Å². The summed E-state index contributed by atoms with van der Waals surface area (Å²) >= 11 is 5.83. The van der Waals surface area contributed by atoms with Crippen molar-refractivity contribution in [3.8, 4) is 16.9 Å². The highest BCUT2D eigenvalue weighted by Gasteiger charge is 2.00. The van der Waals surface area contributed by atoms with Crippen LogP contribution < -0.4 is 5.73 Å². The normalized spacial score (nSPS) is 10.2. The maximum atomic E-state index is 9.16. The summed E-state index contributed by atoms with van der Waals surface area (Å²) in [6.07, 6.45) is 0. The molecule has 0 amide bonds. The molecule has 0 heterocycles. The number of hydrogen-bond acceptors (Lipinski definition) is 2. The molecule has 0 fully saturated rings. The molecule has 0 saturated carbocycles. The Bertz CT molecular complexity index is 479. The van der Waals surface area contributed by atoms with Gasteiger partial charge in [-0.1, -0.05) is 29.8 Å². The lowest BCUT2D eigenvalue weighted by Gasteiger charge is -2.04. The van der Waals surface area contributed by atoms with Crippen molar-refractivity contribution in [2.75, 3.05) is 5.73 Å². The van der Waals surface area contributed by atoms with Gasteiger partial charge in [-0.25, -0.2) is 0 Å². The number of phenolic OH excluding ortho intramolecular Hbond substituents is 1. The first-order valence-electron chi connectivity index (χ1n) is 4.51.